The summed E-state index contributed by atoms with van der Waals surface area (Å²) in [5, 5.41) is 0. The van der Waals surface area contributed by atoms with Gasteiger partial charge in [0.15, 0.2) is 0 Å². The summed E-state index contributed by atoms with van der Waals surface area (Å²) in [7, 11) is 0. The van der Waals surface area contributed by atoms with Crippen LogP contribution in [0.2, 0.25) is 0 Å². The second kappa shape index (κ2) is 8.15. The van der Waals surface area contributed by atoms with E-state index in [1.807, 2.05) is 0 Å². The first-order valence-electron chi connectivity index (χ1n) is 7.02. The summed E-state index contributed by atoms with van der Waals surface area (Å²) in [6, 6.07) is 0. The first-order valence-corrected chi connectivity index (χ1v) is 7.02. The Balaban J connectivity index is 2.15. The molecular formula is C14H28O. The Morgan fingerprint density at radius 3 is 2.33 bits per heavy atom. The van der Waals surface area contributed by atoms with Gasteiger partial charge in [-0.2, -0.15) is 0 Å². The zero-order valence-corrected chi connectivity index (χ0v) is 10.6. The SMILES string of the molecule is CCCCCCC1CCCCC(CC)O1. The van der Waals surface area contributed by atoms with Crippen molar-refractivity contribution in [2.45, 2.75) is 90.3 Å². The zero-order valence-electron chi connectivity index (χ0n) is 10.6. The van der Waals surface area contributed by atoms with E-state index in [0.29, 0.717) is 12.2 Å². The lowest BCUT2D eigenvalue weighted by molar-refractivity contribution is -0.0148. The molecule has 90 valence electrons. The predicted octanol–water partition coefficient (Wildman–Crippen LogP) is 4.69. The van der Waals surface area contributed by atoms with Crippen molar-refractivity contribution in [2.75, 3.05) is 0 Å². The zero-order chi connectivity index (χ0) is 10.9. The first-order chi connectivity index (χ1) is 7.36. The van der Waals surface area contributed by atoms with Crippen molar-refractivity contribution in [1.82, 2.24) is 0 Å². The van der Waals surface area contributed by atoms with Crippen LogP contribution in [0.1, 0.15) is 78.1 Å². The van der Waals surface area contributed by atoms with Crippen LogP contribution in [-0.4, -0.2) is 12.2 Å². The average Bonchev–Trinajstić information content (AvgIpc) is 2.49. The minimum Gasteiger partial charge on any atom is -0.375 e. The van der Waals surface area contributed by atoms with E-state index in [0.717, 1.165) is 0 Å². The van der Waals surface area contributed by atoms with E-state index in [1.165, 1.54) is 64.2 Å². The molecule has 15 heavy (non-hydrogen) atoms. The molecule has 1 aliphatic rings. The molecular weight excluding hydrogens is 184 g/mol. The minimum atomic E-state index is 0.559. The standard InChI is InChI=1S/C14H28O/c1-3-5-6-7-11-14-12-9-8-10-13(4-2)15-14/h13-14H,3-12H2,1-2H3. The largest absolute Gasteiger partial charge is 0.375 e. The smallest absolute Gasteiger partial charge is 0.0578 e. The van der Waals surface area contributed by atoms with Gasteiger partial charge in [-0.15, -0.1) is 0 Å². The van der Waals surface area contributed by atoms with Gasteiger partial charge in [-0.3, -0.25) is 0 Å². The third-order valence-electron chi connectivity index (χ3n) is 3.52. The number of unbranched alkanes of at least 4 members (excludes halogenated alkanes) is 3. The van der Waals surface area contributed by atoms with Crippen molar-refractivity contribution in [2.24, 2.45) is 0 Å². The molecule has 0 aromatic rings. The Kier molecular flexibility index (Phi) is 7.08. The van der Waals surface area contributed by atoms with Crippen molar-refractivity contribution < 1.29 is 4.74 Å². The number of rotatable bonds is 6. The van der Waals surface area contributed by atoms with Crippen LogP contribution in [0.15, 0.2) is 0 Å². The summed E-state index contributed by atoms with van der Waals surface area (Å²) in [4.78, 5) is 0. The quantitative estimate of drug-likeness (QED) is 0.580. The predicted molar refractivity (Wildman–Crippen MR) is 66.2 cm³/mol. The lowest BCUT2D eigenvalue weighted by Gasteiger charge is -2.20. The van der Waals surface area contributed by atoms with Crippen molar-refractivity contribution >= 4 is 0 Å². The Morgan fingerprint density at radius 2 is 1.67 bits per heavy atom. The van der Waals surface area contributed by atoms with Crippen LogP contribution in [-0.2, 0) is 4.74 Å². The summed E-state index contributed by atoms with van der Waals surface area (Å²) >= 11 is 0. The third kappa shape index (κ3) is 5.55. The summed E-state index contributed by atoms with van der Waals surface area (Å²) < 4.78 is 6.14. The maximum absolute atomic E-state index is 6.14. The highest BCUT2D eigenvalue weighted by atomic mass is 16.5. The Labute approximate surface area is 95.6 Å². The molecule has 1 heterocycles. The molecule has 1 rings (SSSR count). The van der Waals surface area contributed by atoms with E-state index in [1.54, 1.807) is 0 Å². The van der Waals surface area contributed by atoms with Gasteiger partial charge in [0.1, 0.15) is 0 Å². The molecule has 1 aliphatic heterocycles. The van der Waals surface area contributed by atoms with E-state index in [4.69, 9.17) is 4.74 Å². The number of hydrogen-bond donors (Lipinski definition) is 0. The van der Waals surface area contributed by atoms with Crippen LogP contribution in [0.4, 0.5) is 0 Å². The first kappa shape index (κ1) is 13.0. The second-order valence-corrected chi connectivity index (χ2v) is 4.92. The topological polar surface area (TPSA) is 9.23 Å². The fraction of sp³-hybridized carbons (Fsp3) is 1.00. The van der Waals surface area contributed by atoms with Crippen molar-refractivity contribution in [3.05, 3.63) is 0 Å². The molecule has 0 aliphatic carbocycles. The van der Waals surface area contributed by atoms with Crippen molar-refractivity contribution in [3.8, 4) is 0 Å². The lowest BCUT2D eigenvalue weighted by atomic mass is 10.0. The molecule has 2 unspecified atom stereocenters. The van der Waals surface area contributed by atoms with Crippen molar-refractivity contribution in [1.29, 1.82) is 0 Å². The maximum atomic E-state index is 6.14. The Hall–Kier alpha value is -0.0400. The molecule has 1 saturated heterocycles. The van der Waals surface area contributed by atoms with Gasteiger partial charge in [-0.05, 0) is 25.7 Å². The molecule has 0 spiro atoms. The number of hydrogen-bond acceptors (Lipinski definition) is 1. The Morgan fingerprint density at radius 1 is 0.933 bits per heavy atom. The van der Waals surface area contributed by atoms with Gasteiger partial charge in [0.05, 0.1) is 12.2 Å². The van der Waals surface area contributed by atoms with Crippen molar-refractivity contribution in [3.63, 3.8) is 0 Å². The molecule has 0 saturated carbocycles. The molecule has 1 nitrogen and oxygen atoms in total. The normalized spacial score (nSPS) is 27.6. The summed E-state index contributed by atoms with van der Waals surface area (Å²) in [6.45, 7) is 4.53. The maximum Gasteiger partial charge on any atom is 0.0578 e. The third-order valence-corrected chi connectivity index (χ3v) is 3.52. The van der Waals surface area contributed by atoms with E-state index in [9.17, 15) is 0 Å². The van der Waals surface area contributed by atoms with Gasteiger partial charge in [0.25, 0.3) is 0 Å². The molecule has 1 heteroatoms. The highest BCUT2D eigenvalue weighted by molar-refractivity contribution is 4.68. The van der Waals surface area contributed by atoms with E-state index in [-0.39, 0.29) is 0 Å². The van der Waals surface area contributed by atoms with Crippen LogP contribution in [0.3, 0.4) is 0 Å². The van der Waals surface area contributed by atoms with E-state index >= 15 is 0 Å². The van der Waals surface area contributed by atoms with Crippen LogP contribution < -0.4 is 0 Å². The molecule has 2 atom stereocenters. The van der Waals surface area contributed by atoms with Crippen LogP contribution in [0.25, 0.3) is 0 Å². The van der Waals surface area contributed by atoms with Gasteiger partial charge >= 0.3 is 0 Å². The van der Waals surface area contributed by atoms with Gasteiger partial charge in [0.2, 0.25) is 0 Å². The molecule has 1 fully saturated rings. The average molecular weight is 212 g/mol. The van der Waals surface area contributed by atoms with Gasteiger partial charge < -0.3 is 4.74 Å². The van der Waals surface area contributed by atoms with Crippen LogP contribution >= 0.6 is 0 Å². The molecule has 0 aromatic heterocycles. The molecule has 0 N–H and O–H groups in total. The highest BCUT2D eigenvalue weighted by Crippen LogP contribution is 2.23. The Bertz CT molecular complexity index is 144. The molecule has 0 radical (unpaired) electrons. The molecule has 0 bridgehead atoms. The molecule has 0 aromatic carbocycles. The summed E-state index contributed by atoms with van der Waals surface area (Å²) in [5.41, 5.74) is 0. The highest BCUT2D eigenvalue weighted by Gasteiger charge is 2.18. The number of ether oxygens (including phenoxy) is 1. The van der Waals surface area contributed by atoms with Gasteiger partial charge in [-0.25, -0.2) is 0 Å². The van der Waals surface area contributed by atoms with Crippen LogP contribution in [0, 0.1) is 0 Å². The fourth-order valence-corrected chi connectivity index (χ4v) is 2.46. The van der Waals surface area contributed by atoms with Gasteiger partial charge in [-0.1, -0.05) is 52.4 Å². The minimum absolute atomic E-state index is 0.559. The lowest BCUT2D eigenvalue weighted by Crippen LogP contribution is -2.19. The summed E-state index contributed by atoms with van der Waals surface area (Å²) in [6.07, 6.45) is 14.5. The van der Waals surface area contributed by atoms with E-state index < -0.39 is 0 Å². The monoisotopic (exact) mass is 212 g/mol. The second-order valence-electron chi connectivity index (χ2n) is 4.92. The van der Waals surface area contributed by atoms with Gasteiger partial charge in [0, 0.05) is 0 Å². The molecule has 0 amide bonds. The van der Waals surface area contributed by atoms with E-state index in [2.05, 4.69) is 13.8 Å². The summed E-state index contributed by atoms with van der Waals surface area (Å²) in [5.74, 6) is 0. The van der Waals surface area contributed by atoms with Crippen LogP contribution in [0.5, 0.6) is 0 Å². The fourth-order valence-electron chi connectivity index (χ4n) is 2.46.